The Morgan fingerprint density at radius 2 is 2.00 bits per heavy atom. The summed E-state index contributed by atoms with van der Waals surface area (Å²) in [6.45, 7) is 11.3. The van der Waals surface area contributed by atoms with Gasteiger partial charge in [0, 0.05) is 17.6 Å². The van der Waals surface area contributed by atoms with Crippen molar-refractivity contribution < 1.29 is 4.39 Å². The second-order valence-electron chi connectivity index (χ2n) is 6.11. The second-order valence-corrected chi connectivity index (χ2v) is 6.52. The van der Waals surface area contributed by atoms with Crippen LogP contribution in [-0.2, 0) is 0 Å². The van der Waals surface area contributed by atoms with E-state index in [1.807, 2.05) is 6.08 Å². The van der Waals surface area contributed by atoms with Crippen LogP contribution in [0.15, 0.2) is 23.8 Å². The predicted octanol–water partition coefficient (Wildman–Crippen LogP) is 4.91. The molecule has 0 heterocycles. The van der Waals surface area contributed by atoms with Crippen LogP contribution in [0.3, 0.4) is 0 Å². The van der Waals surface area contributed by atoms with Crippen LogP contribution in [0, 0.1) is 11.7 Å². The smallest absolute Gasteiger partial charge is 0.131 e. The van der Waals surface area contributed by atoms with Crippen LogP contribution in [-0.4, -0.2) is 12.1 Å². The first-order chi connectivity index (χ1) is 8.70. The first-order valence-corrected chi connectivity index (χ1v) is 6.98. The van der Waals surface area contributed by atoms with Crippen molar-refractivity contribution in [1.82, 2.24) is 5.32 Å². The number of hydrogen-bond donors (Lipinski definition) is 1. The van der Waals surface area contributed by atoms with E-state index in [2.05, 4.69) is 39.9 Å². The monoisotopic (exact) mass is 283 g/mol. The lowest BCUT2D eigenvalue weighted by Crippen LogP contribution is -2.37. The Morgan fingerprint density at radius 3 is 2.47 bits per heavy atom. The molecular weight excluding hydrogens is 261 g/mol. The van der Waals surface area contributed by atoms with Crippen molar-refractivity contribution in [2.75, 3.05) is 6.54 Å². The summed E-state index contributed by atoms with van der Waals surface area (Å²) in [5, 5.41) is 3.88. The zero-order chi connectivity index (χ0) is 14.6. The van der Waals surface area contributed by atoms with Crippen molar-refractivity contribution in [2.24, 2.45) is 5.92 Å². The van der Waals surface area contributed by atoms with Crippen molar-refractivity contribution in [1.29, 1.82) is 0 Å². The van der Waals surface area contributed by atoms with E-state index in [4.69, 9.17) is 11.6 Å². The van der Waals surface area contributed by atoms with E-state index in [1.165, 1.54) is 6.07 Å². The van der Waals surface area contributed by atoms with Gasteiger partial charge in [-0.3, -0.25) is 0 Å². The fourth-order valence-corrected chi connectivity index (χ4v) is 1.84. The van der Waals surface area contributed by atoms with E-state index in [1.54, 1.807) is 12.1 Å². The molecule has 0 atom stereocenters. The van der Waals surface area contributed by atoms with Crippen LogP contribution in [0.2, 0.25) is 5.02 Å². The Hall–Kier alpha value is -0.860. The summed E-state index contributed by atoms with van der Waals surface area (Å²) >= 11 is 6.06. The van der Waals surface area contributed by atoms with Gasteiger partial charge in [-0.05, 0) is 44.9 Å². The molecule has 0 saturated heterocycles. The maximum atomic E-state index is 13.8. The Bertz CT molecular complexity index is 438. The van der Waals surface area contributed by atoms with Gasteiger partial charge in [0.1, 0.15) is 5.82 Å². The summed E-state index contributed by atoms with van der Waals surface area (Å²) in [6, 6.07) is 4.77. The number of rotatable bonds is 4. The first kappa shape index (κ1) is 16.2. The summed E-state index contributed by atoms with van der Waals surface area (Å²) in [4.78, 5) is 0. The van der Waals surface area contributed by atoms with Crippen molar-refractivity contribution in [3.8, 4) is 0 Å². The Morgan fingerprint density at radius 1 is 1.37 bits per heavy atom. The lowest BCUT2D eigenvalue weighted by atomic mass is 9.98. The highest BCUT2D eigenvalue weighted by Gasteiger charge is 2.13. The summed E-state index contributed by atoms with van der Waals surface area (Å²) in [6.07, 6.45) is 1.86. The van der Waals surface area contributed by atoms with Crippen LogP contribution >= 0.6 is 11.6 Å². The maximum Gasteiger partial charge on any atom is 0.131 e. The molecule has 19 heavy (non-hydrogen) atoms. The molecule has 3 heteroatoms. The molecule has 1 nitrogen and oxygen atoms in total. The van der Waals surface area contributed by atoms with E-state index in [9.17, 15) is 4.39 Å². The fraction of sp³-hybridized carbons (Fsp3) is 0.500. The van der Waals surface area contributed by atoms with Gasteiger partial charge < -0.3 is 5.32 Å². The minimum absolute atomic E-state index is 0.0347. The van der Waals surface area contributed by atoms with E-state index >= 15 is 0 Å². The third-order valence-electron chi connectivity index (χ3n) is 2.89. The normalized spacial score (nSPS) is 13.2. The minimum Gasteiger partial charge on any atom is -0.308 e. The quantitative estimate of drug-likeness (QED) is 0.828. The number of halogens is 2. The van der Waals surface area contributed by atoms with Crippen LogP contribution in [0.25, 0.3) is 6.08 Å². The molecule has 1 rings (SSSR count). The van der Waals surface area contributed by atoms with Crippen molar-refractivity contribution in [3.63, 3.8) is 0 Å². The Kier molecular flexibility index (Phi) is 5.57. The van der Waals surface area contributed by atoms with Crippen LogP contribution in [0.4, 0.5) is 4.39 Å². The number of nitrogens with one attached hydrogen (secondary N) is 1. The Balaban J connectivity index is 3.02. The minimum atomic E-state index is -0.276. The van der Waals surface area contributed by atoms with Gasteiger partial charge in [-0.1, -0.05) is 37.1 Å². The fourth-order valence-electron chi connectivity index (χ4n) is 1.62. The van der Waals surface area contributed by atoms with Crippen molar-refractivity contribution >= 4 is 17.7 Å². The van der Waals surface area contributed by atoms with Gasteiger partial charge in [0.2, 0.25) is 0 Å². The van der Waals surface area contributed by atoms with E-state index < -0.39 is 0 Å². The average molecular weight is 284 g/mol. The standard InChI is InChI=1S/C16H23ClFN/c1-11(2)12(10-19-16(3,4)5)9-13-14(17)7-6-8-15(13)18/h6-9,11,19H,10H2,1-5H3. The summed E-state index contributed by atoms with van der Waals surface area (Å²) < 4.78 is 13.8. The van der Waals surface area contributed by atoms with E-state index in [0.717, 1.165) is 12.1 Å². The topological polar surface area (TPSA) is 12.0 Å². The largest absolute Gasteiger partial charge is 0.308 e. The number of hydrogen-bond acceptors (Lipinski definition) is 1. The zero-order valence-electron chi connectivity index (χ0n) is 12.3. The maximum absolute atomic E-state index is 13.8. The van der Waals surface area contributed by atoms with Gasteiger partial charge in [-0.25, -0.2) is 4.39 Å². The molecule has 0 fully saturated rings. The third kappa shape index (κ3) is 5.33. The molecular formula is C16H23ClFN. The molecule has 1 aromatic carbocycles. The molecule has 0 bridgehead atoms. The van der Waals surface area contributed by atoms with Gasteiger partial charge >= 0.3 is 0 Å². The molecule has 0 aliphatic rings. The van der Waals surface area contributed by atoms with Crippen LogP contribution < -0.4 is 5.32 Å². The third-order valence-corrected chi connectivity index (χ3v) is 3.22. The summed E-state index contributed by atoms with van der Waals surface area (Å²) in [5.41, 5.74) is 1.65. The van der Waals surface area contributed by atoms with Crippen LogP contribution in [0.5, 0.6) is 0 Å². The van der Waals surface area contributed by atoms with Crippen LogP contribution in [0.1, 0.15) is 40.2 Å². The molecule has 1 N–H and O–H groups in total. The molecule has 1 aromatic rings. The lowest BCUT2D eigenvalue weighted by Gasteiger charge is -2.23. The predicted molar refractivity (Wildman–Crippen MR) is 82.0 cm³/mol. The number of benzene rings is 1. The molecule has 0 aromatic heterocycles. The molecule has 106 valence electrons. The van der Waals surface area contributed by atoms with Crippen molar-refractivity contribution in [3.05, 3.63) is 40.2 Å². The van der Waals surface area contributed by atoms with Gasteiger partial charge in [0.25, 0.3) is 0 Å². The van der Waals surface area contributed by atoms with Gasteiger partial charge in [0.15, 0.2) is 0 Å². The lowest BCUT2D eigenvalue weighted by molar-refractivity contribution is 0.437. The van der Waals surface area contributed by atoms with Gasteiger partial charge in [-0.2, -0.15) is 0 Å². The SMILES string of the molecule is CC(C)C(=Cc1c(F)cccc1Cl)CNC(C)(C)C. The second kappa shape index (κ2) is 6.53. The highest BCUT2D eigenvalue weighted by molar-refractivity contribution is 6.32. The molecule has 0 radical (unpaired) electrons. The summed E-state index contributed by atoms with van der Waals surface area (Å²) in [7, 11) is 0. The van der Waals surface area contributed by atoms with E-state index in [-0.39, 0.29) is 11.4 Å². The zero-order valence-corrected chi connectivity index (χ0v) is 13.1. The Labute approximate surface area is 120 Å². The molecule has 0 amide bonds. The molecule has 0 spiro atoms. The average Bonchev–Trinajstić information content (AvgIpc) is 2.25. The molecule has 0 aliphatic carbocycles. The van der Waals surface area contributed by atoms with Crippen molar-refractivity contribution in [2.45, 2.75) is 40.2 Å². The van der Waals surface area contributed by atoms with Gasteiger partial charge in [-0.15, -0.1) is 0 Å². The highest BCUT2D eigenvalue weighted by Crippen LogP contribution is 2.24. The summed E-state index contributed by atoms with van der Waals surface area (Å²) in [5.74, 6) is 0.0620. The van der Waals surface area contributed by atoms with E-state index in [0.29, 0.717) is 16.5 Å². The molecule has 0 unspecified atom stereocenters. The highest BCUT2D eigenvalue weighted by atomic mass is 35.5. The molecule has 0 aliphatic heterocycles. The molecule has 0 saturated carbocycles. The first-order valence-electron chi connectivity index (χ1n) is 6.60. The van der Waals surface area contributed by atoms with Gasteiger partial charge in [0.05, 0.1) is 5.02 Å².